The number of aromatic nitrogens is 4. The van der Waals surface area contributed by atoms with Gasteiger partial charge in [-0.25, -0.2) is 0 Å². The van der Waals surface area contributed by atoms with Crippen LogP contribution in [0.15, 0.2) is 36.7 Å². The molecule has 2 heterocycles. The minimum Gasteiger partial charge on any atom is -0.171 e. The lowest BCUT2D eigenvalue weighted by atomic mass is 10.3. The Bertz CT molecular complexity index is 533. The topological polar surface area (TPSA) is 37.2 Å². The van der Waals surface area contributed by atoms with Crippen LogP contribution in [0.5, 0.6) is 0 Å². The number of nitrogens with one attached hydrogen (secondary N) is 1. The highest BCUT2D eigenvalue weighted by molar-refractivity contribution is 5.69. The van der Waals surface area contributed by atoms with Gasteiger partial charge in [0.15, 0.2) is 17.2 Å². The van der Waals surface area contributed by atoms with Crippen molar-refractivity contribution in [3.8, 4) is 0 Å². The SMILES string of the molecule is c1ccc2c(c1)[nH]n1ncc[n+]21. The lowest BCUT2D eigenvalue weighted by Crippen LogP contribution is -2.24. The third-order valence-electron chi connectivity index (χ3n) is 1.96. The Morgan fingerprint density at radius 1 is 1.33 bits per heavy atom. The second-order valence-corrected chi connectivity index (χ2v) is 2.68. The molecule has 0 fully saturated rings. The van der Waals surface area contributed by atoms with Crippen molar-refractivity contribution in [2.75, 3.05) is 0 Å². The van der Waals surface area contributed by atoms with Crippen molar-refractivity contribution in [2.24, 2.45) is 0 Å². The van der Waals surface area contributed by atoms with E-state index in [0.717, 1.165) is 11.0 Å². The maximum absolute atomic E-state index is 4.08. The Hall–Kier alpha value is -1.84. The van der Waals surface area contributed by atoms with Crippen LogP contribution in [0.1, 0.15) is 0 Å². The van der Waals surface area contributed by atoms with Gasteiger partial charge in [-0.15, -0.1) is 4.52 Å². The van der Waals surface area contributed by atoms with Gasteiger partial charge in [-0.05, 0) is 12.1 Å². The number of rotatable bonds is 0. The number of benzene rings is 1. The number of nitrogens with zero attached hydrogens (tertiary/aromatic N) is 3. The van der Waals surface area contributed by atoms with Crippen LogP contribution in [0, 0.1) is 0 Å². The Labute approximate surface area is 68.0 Å². The Balaban J connectivity index is 2.68. The normalized spacial score (nSPS) is 11.3. The fourth-order valence-corrected chi connectivity index (χ4v) is 1.42. The first kappa shape index (κ1) is 5.77. The zero-order valence-electron chi connectivity index (χ0n) is 6.31. The highest BCUT2D eigenvalue weighted by Gasteiger charge is 2.07. The molecule has 0 saturated heterocycles. The first-order chi connectivity index (χ1) is 5.95. The van der Waals surface area contributed by atoms with E-state index in [2.05, 4.69) is 10.2 Å². The van der Waals surface area contributed by atoms with E-state index in [9.17, 15) is 0 Å². The molecular weight excluding hydrogens is 152 g/mol. The quantitative estimate of drug-likeness (QED) is 0.474. The largest absolute Gasteiger partial charge is 0.171 e. The summed E-state index contributed by atoms with van der Waals surface area (Å²) in [7, 11) is 0. The zero-order chi connectivity index (χ0) is 7.97. The predicted octanol–water partition coefficient (Wildman–Crippen LogP) is 0.401. The molecule has 3 rings (SSSR count). The molecule has 2 aromatic heterocycles. The third kappa shape index (κ3) is 0.567. The van der Waals surface area contributed by atoms with Crippen LogP contribution in [0.4, 0.5) is 0 Å². The summed E-state index contributed by atoms with van der Waals surface area (Å²) in [6.07, 6.45) is 3.67. The van der Waals surface area contributed by atoms with Gasteiger partial charge in [-0.2, -0.15) is 5.10 Å². The molecule has 0 saturated carbocycles. The molecular formula is C8H7N4+. The average Bonchev–Trinajstić information content (AvgIpc) is 2.62. The van der Waals surface area contributed by atoms with Gasteiger partial charge in [0.25, 0.3) is 0 Å². The molecule has 0 bridgehead atoms. The summed E-state index contributed by atoms with van der Waals surface area (Å²) >= 11 is 0. The zero-order valence-corrected chi connectivity index (χ0v) is 6.31. The monoisotopic (exact) mass is 159 g/mol. The Morgan fingerprint density at radius 3 is 3.25 bits per heavy atom. The lowest BCUT2D eigenvalue weighted by molar-refractivity contribution is -0.598. The van der Waals surface area contributed by atoms with Crippen LogP contribution in [0.3, 0.4) is 0 Å². The van der Waals surface area contributed by atoms with E-state index < -0.39 is 0 Å². The van der Waals surface area contributed by atoms with E-state index >= 15 is 0 Å². The molecule has 0 radical (unpaired) electrons. The van der Waals surface area contributed by atoms with Crippen LogP contribution >= 0.6 is 0 Å². The van der Waals surface area contributed by atoms with E-state index in [1.54, 1.807) is 10.9 Å². The fourth-order valence-electron chi connectivity index (χ4n) is 1.42. The minimum absolute atomic E-state index is 1.09. The second kappa shape index (κ2) is 1.85. The minimum atomic E-state index is 1.09. The van der Waals surface area contributed by atoms with Crippen molar-refractivity contribution in [1.29, 1.82) is 0 Å². The van der Waals surface area contributed by atoms with Gasteiger partial charge in [0.1, 0.15) is 6.20 Å². The van der Waals surface area contributed by atoms with Crippen LogP contribution in [0.25, 0.3) is 11.0 Å². The number of H-pyrrole nitrogens is 1. The van der Waals surface area contributed by atoms with Crippen molar-refractivity contribution in [2.45, 2.75) is 0 Å². The maximum Gasteiger partial charge on any atom is 0.167 e. The van der Waals surface area contributed by atoms with Crippen LogP contribution in [-0.4, -0.2) is 14.9 Å². The Kier molecular flexibility index (Phi) is 0.889. The molecule has 0 atom stereocenters. The predicted molar refractivity (Wildman–Crippen MR) is 42.7 cm³/mol. The van der Waals surface area contributed by atoms with Crippen molar-refractivity contribution >= 4 is 11.0 Å². The molecule has 0 aliphatic carbocycles. The van der Waals surface area contributed by atoms with Crippen LogP contribution in [-0.2, 0) is 0 Å². The number of hydrogen-bond acceptors (Lipinski definition) is 1. The molecule has 12 heavy (non-hydrogen) atoms. The van der Waals surface area contributed by atoms with Crippen molar-refractivity contribution < 1.29 is 4.52 Å². The molecule has 0 spiro atoms. The molecule has 1 aromatic carbocycles. The molecule has 4 heteroatoms. The van der Waals surface area contributed by atoms with Crippen LogP contribution in [0.2, 0.25) is 0 Å². The number of aromatic amines is 1. The molecule has 1 N–H and O–H groups in total. The molecule has 3 aromatic rings. The summed E-state index contributed by atoms with van der Waals surface area (Å²) in [5.74, 6) is 0. The summed E-state index contributed by atoms with van der Waals surface area (Å²) in [5, 5.41) is 7.21. The average molecular weight is 159 g/mol. The number of hydrogen-bond donors (Lipinski definition) is 1. The van der Waals surface area contributed by atoms with Gasteiger partial charge >= 0.3 is 0 Å². The van der Waals surface area contributed by atoms with Gasteiger partial charge in [0.05, 0.1) is 4.74 Å². The molecule has 0 aliphatic heterocycles. The molecule has 0 amide bonds. The second-order valence-electron chi connectivity index (χ2n) is 2.68. The van der Waals surface area contributed by atoms with Crippen LogP contribution < -0.4 is 4.52 Å². The summed E-state index contributed by atoms with van der Waals surface area (Å²) in [5.41, 5.74) is 2.22. The molecule has 0 unspecified atom stereocenters. The third-order valence-corrected chi connectivity index (χ3v) is 1.96. The summed E-state index contributed by atoms with van der Waals surface area (Å²) in [4.78, 5) is 0. The maximum atomic E-state index is 4.08. The summed E-state index contributed by atoms with van der Waals surface area (Å²) in [6, 6.07) is 8.08. The first-order valence-electron chi connectivity index (χ1n) is 3.77. The van der Waals surface area contributed by atoms with E-state index in [1.807, 2.05) is 35.0 Å². The van der Waals surface area contributed by atoms with Gasteiger partial charge < -0.3 is 0 Å². The first-order valence-corrected chi connectivity index (χ1v) is 3.77. The van der Waals surface area contributed by atoms with E-state index in [1.165, 1.54) is 0 Å². The highest BCUT2D eigenvalue weighted by atomic mass is 15.6. The Morgan fingerprint density at radius 2 is 2.25 bits per heavy atom. The fraction of sp³-hybridized carbons (Fsp3) is 0. The summed E-state index contributed by atoms with van der Waals surface area (Å²) < 4.78 is 3.65. The smallest absolute Gasteiger partial charge is 0.167 e. The van der Waals surface area contributed by atoms with Gasteiger partial charge in [-0.3, -0.25) is 0 Å². The van der Waals surface area contributed by atoms with E-state index in [0.29, 0.717) is 0 Å². The van der Waals surface area contributed by atoms with Crippen molar-refractivity contribution in [1.82, 2.24) is 14.9 Å². The lowest BCUT2D eigenvalue weighted by Gasteiger charge is -1.79. The van der Waals surface area contributed by atoms with Gasteiger partial charge in [-0.1, -0.05) is 12.1 Å². The van der Waals surface area contributed by atoms with Gasteiger partial charge in [0.2, 0.25) is 0 Å². The van der Waals surface area contributed by atoms with E-state index in [4.69, 9.17) is 0 Å². The molecule has 58 valence electrons. The summed E-state index contributed by atoms with van der Waals surface area (Å²) in [6.45, 7) is 0. The molecule has 0 aliphatic rings. The van der Waals surface area contributed by atoms with Crippen molar-refractivity contribution in [3.63, 3.8) is 0 Å². The van der Waals surface area contributed by atoms with Gasteiger partial charge in [0, 0.05) is 5.10 Å². The number of fused-ring (bicyclic) bond motifs is 3. The number of para-hydroxylation sites is 2. The highest BCUT2D eigenvalue weighted by Crippen LogP contribution is 2.03. The standard InChI is InChI=1S/C8H7N4/c1-2-4-8-7(3-1)10-12-9-5-6-11(8)12/h1-6H,(H,9,10)/q+1. The van der Waals surface area contributed by atoms with E-state index in [-0.39, 0.29) is 0 Å². The molecule has 4 nitrogen and oxygen atoms in total. The van der Waals surface area contributed by atoms with Crippen molar-refractivity contribution in [3.05, 3.63) is 36.7 Å².